The summed E-state index contributed by atoms with van der Waals surface area (Å²) in [7, 11) is 0. The topological polar surface area (TPSA) is 153 Å². The summed E-state index contributed by atoms with van der Waals surface area (Å²) >= 11 is 0. The van der Waals surface area contributed by atoms with Crippen LogP contribution in [0.25, 0.3) is 0 Å². The third-order valence-corrected chi connectivity index (χ3v) is 1.74. The number of hydrogen-bond donors (Lipinski definition) is 7. The van der Waals surface area contributed by atoms with E-state index >= 15 is 0 Å². The predicted molar refractivity (Wildman–Crippen MR) is 43.3 cm³/mol. The quantitative estimate of drug-likeness (QED) is 0.219. The molecule has 7 nitrogen and oxygen atoms in total. The molecule has 0 amide bonds. The summed E-state index contributed by atoms with van der Waals surface area (Å²) in [5.74, 6) is 0. The van der Waals surface area contributed by atoms with Gasteiger partial charge in [0, 0.05) is 6.54 Å². The van der Waals surface area contributed by atoms with Crippen LogP contribution in [-0.4, -0.2) is 62.7 Å². The fourth-order valence-corrected chi connectivity index (χ4v) is 0.735. The van der Waals surface area contributed by atoms with E-state index in [0.717, 1.165) is 0 Å². The fourth-order valence-electron chi connectivity index (χ4n) is 0.735. The summed E-state index contributed by atoms with van der Waals surface area (Å²) in [6, 6.07) is 0. The summed E-state index contributed by atoms with van der Waals surface area (Å²) in [5.41, 5.74) is 7.89. The largest absolute Gasteiger partial charge is 0.394 e. The molecule has 0 saturated heterocycles. The molecule has 0 heterocycles. The van der Waals surface area contributed by atoms with E-state index in [1.807, 2.05) is 0 Å². The molecule has 80 valence electrons. The van der Waals surface area contributed by atoms with Crippen LogP contribution in [0.3, 0.4) is 0 Å². The highest BCUT2D eigenvalue weighted by Crippen LogP contribution is 2.09. The second-order valence-corrected chi connectivity index (χ2v) is 2.88. The van der Waals surface area contributed by atoms with E-state index in [1.54, 1.807) is 0 Å². The zero-order valence-electron chi connectivity index (χ0n) is 7.04. The Labute approximate surface area is 75.2 Å². The lowest BCUT2D eigenvalue weighted by molar-refractivity contribution is -0.152. The molecule has 0 spiro atoms. The smallest absolute Gasteiger partial charge is 0.154 e. The van der Waals surface area contributed by atoms with Crippen LogP contribution in [0, 0.1) is 0 Å². The van der Waals surface area contributed by atoms with E-state index in [9.17, 15) is 5.11 Å². The highest BCUT2D eigenvalue weighted by atomic mass is 16.4. The molecule has 0 fully saturated rings. The Bertz CT molecular complexity index is 154. The Balaban J connectivity index is 4.32. The number of nitrogens with two attached hydrogens (primary N) is 2. The Morgan fingerprint density at radius 3 is 2.00 bits per heavy atom. The molecule has 9 N–H and O–H groups in total. The lowest BCUT2D eigenvalue weighted by Crippen LogP contribution is -2.62. The lowest BCUT2D eigenvalue weighted by Gasteiger charge is -2.32. The Kier molecular flexibility index (Phi) is 4.71. The molecule has 0 aliphatic rings. The van der Waals surface area contributed by atoms with Gasteiger partial charge in [-0.1, -0.05) is 0 Å². The van der Waals surface area contributed by atoms with Crippen molar-refractivity contribution in [1.29, 1.82) is 0 Å². The standard InChI is InChI=1S/C6H16N2O5/c7-2-6(8,13)5(12)4(11)3(10)1-9/h3-5,9-13H,1-2,7-8H2/t3-,4-,5+,6+/m1/s1. The van der Waals surface area contributed by atoms with Crippen molar-refractivity contribution in [2.75, 3.05) is 13.2 Å². The van der Waals surface area contributed by atoms with Crippen LogP contribution in [0.1, 0.15) is 0 Å². The predicted octanol–water partition coefficient (Wildman–Crippen LogP) is -4.33. The van der Waals surface area contributed by atoms with Crippen molar-refractivity contribution >= 4 is 0 Å². The minimum Gasteiger partial charge on any atom is -0.394 e. The van der Waals surface area contributed by atoms with Crippen molar-refractivity contribution in [3.8, 4) is 0 Å². The summed E-state index contributed by atoms with van der Waals surface area (Å²) < 4.78 is 0. The second-order valence-electron chi connectivity index (χ2n) is 2.88. The van der Waals surface area contributed by atoms with Gasteiger partial charge in [-0.3, -0.25) is 0 Å². The van der Waals surface area contributed by atoms with E-state index in [-0.39, 0.29) is 0 Å². The van der Waals surface area contributed by atoms with Gasteiger partial charge in [-0.15, -0.1) is 0 Å². The van der Waals surface area contributed by atoms with E-state index in [0.29, 0.717) is 0 Å². The number of aliphatic hydroxyl groups is 5. The van der Waals surface area contributed by atoms with Crippen LogP contribution in [0.4, 0.5) is 0 Å². The first-order chi connectivity index (χ1) is 5.86. The molecular formula is C6H16N2O5. The van der Waals surface area contributed by atoms with Crippen LogP contribution >= 0.6 is 0 Å². The third kappa shape index (κ3) is 3.16. The summed E-state index contributed by atoms with van der Waals surface area (Å²) in [5, 5.41) is 44.7. The van der Waals surface area contributed by atoms with Gasteiger partial charge in [0.25, 0.3) is 0 Å². The summed E-state index contributed by atoms with van der Waals surface area (Å²) in [4.78, 5) is 0. The maximum Gasteiger partial charge on any atom is 0.154 e. The van der Waals surface area contributed by atoms with Gasteiger partial charge in [0.1, 0.15) is 18.3 Å². The Hall–Kier alpha value is -0.280. The number of rotatable bonds is 5. The van der Waals surface area contributed by atoms with Gasteiger partial charge in [-0.05, 0) is 0 Å². The molecule has 0 bridgehead atoms. The molecule has 0 aliphatic carbocycles. The van der Waals surface area contributed by atoms with Crippen molar-refractivity contribution < 1.29 is 25.5 Å². The monoisotopic (exact) mass is 196 g/mol. The SMILES string of the molecule is NC[C@](N)(O)[C@@H](O)[C@H](O)[C@H](O)CO. The highest BCUT2D eigenvalue weighted by molar-refractivity contribution is 4.89. The van der Waals surface area contributed by atoms with Gasteiger partial charge in [0.05, 0.1) is 6.61 Å². The van der Waals surface area contributed by atoms with Crippen molar-refractivity contribution in [2.24, 2.45) is 11.5 Å². The maximum atomic E-state index is 9.17. The first kappa shape index (κ1) is 12.7. The minimum atomic E-state index is -2.18. The average molecular weight is 196 g/mol. The van der Waals surface area contributed by atoms with Crippen molar-refractivity contribution in [3.63, 3.8) is 0 Å². The molecule has 4 atom stereocenters. The minimum absolute atomic E-state index is 0.483. The number of hydrogen-bond acceptors (Lipinski definition) is 7. The normalized spacial score (nSPS) is 23.3. The molecule has 0 aromatic carbocycles. The average Bonchev–Trinajstić information content (AvgIpc) is 2.14. The molecule has 0 unspecified atom stereocenters. The third-order valence-electron chi connectivity index (χ3n) is 1.74. The molecular weight excluding hydrogens is 180 g/mol. The molecule has 0 aliphatic heterocycles. The van der Waals surface area contributed by atoms with E-state index in [2.05, 4.69) is 0 Å². The van der Waals surface area contributed by atoms with Gasteiger partial charge in [0.15, 0.2) is 5.72 Å². The lowest BCUT2D eigenvalue weighted by atomic mass is 9.99. The maximum absolute atomic E-state index is 9.17. The van der Waals surface area contributed by atoms with Gasteiger partial charge in [-0.25, -0.2) is 0 Å². The van der Waals surface area contributed by atoms with E-state index in [1.165, 1.54) is 0 Å². The molecule has 0 rings (SSSR count). The van der Waals surface area contributed by atoms with E-state index < -0.39 is 37.2 Å². The highest BCUT2D eigenvalue weighted by Gasteiger charge is 2.38. The van der Waals surface area contributed by atoms with Crippen molar-refractivity contribution in [2.45, 2.75) is 24.0 Å². The molecule has 0 radical (unpaired) electrons. The fraction of sp³-hybridized carbons (Fsp3) is 1.00. The van der Waals surface area contributed by atoms with Crippen LogP contribution in [-0.2, 0) is 0 Å². The van der Waals surface area contributed by atoms with E-state index in [4.69, 9.17) is 31.9 Å². The summed E-state index contributed by atoms with van der Waals surface area (Å²) in [6.07, 6.45) is -5.14. The van der Waals surface area contributed by atoms with Gasteiger partial charge in [-0.2, -0.15) is 0 Å². The van der Waals surface area contributed by atoms with Crippen LogP contribution in [0.5, 0.6) is 0 Å². The second kappa shape index (κ2) is 4.82. The van der Waals surface area contributed by atoms with Crippen LogP contribution < -0.4 is 11.5 Å². The first-order valence-corrected chi connectivity index (χ1v) is 3.73. The van der Waals surface area contributed by atoms with Gasteiger partial charge < -0.3 is 37.0 Å². The van der Waals surface area contributed by atoms with Gasteiger partial charge in [0.2, 0.25) is 0 Å². The van der Waals surface area contributed by atoms with Crippen LogP contribution in [0.2, 0.25) is 0 Å². The number of aliphatic hydroxyl groups excluding tert-OH is 4. The zero-order chi connectivity index (χ0) is 10.6. The molecule has 0 aromatic rings. The van der Waals surface area contributed by atoms with Crippen LogP contribution in [0.15, 0.2) is 0 Å². The summed E-state index contributed by atoms with van der Waals surface area (Å²) in [6.45, 7) is -1.23. The molecule has 13 heavy (non-hydrogen) atoms. The molecule has 7 heteroatoms. The Morgan fingerprint density at radius 2 is 1.69 bits per heavy atom. The zero-order valence-corrected chi connectivity index (χ0v) is 7.04. The van der Waals surface area contributed by atoms with Crippen molar-refractivity contribution in [1.82, 2.24) is 0 Å². The Morgan fingerprint density at radius 1 is 1.23 bits per heavy atom. The molecule has 0 saturated carbocycles. The first-order valence-electron chi connectivity index (χ1n) is 3.73. The van der Waals surface area contributed by atoms with Crippen molar-refractivity contribution in [3.05, 3.63) is 0 Å². The molecule has 0 aromatic heterocycles. The van der Waals surface area contributed by atoms with Gasteiger partial charge >= 0.3 is 0 Å².